The van der Waals surface area contributed by atoms with E-state index in [4.69, 9.17) is 5.73 Å². The van der Waals surface area contributed by atoms with Crippen LogP contribution in [-0.4, -0.2) is 50.7 Å². The fourth-order valence-electron chi connectivity index (χ4n) is 2.37. The van der Waals surface area contributed by atoms with Crippen LogP contribution in [0.15, 0.2) is 53.4 Å². The molecule has 0 unspecified atom stereocenters. The zero-order chi connectivity index (χ0) is 19.3. The van der Waals surface area contributed by atoms with Crippen molar-refractivity contribution in [3.8, 4) is 0 Å². The molecule has 0 saturated heterocycles. The number of nitrogens with two attached hydrogens (primary N) is 1. The van der Waals surface area contributed by atoms with Crippen LogP contribution in [0, 0.1) is 5.82 Å². The second kappa shape index (κ2) is 8.39. The third kappa shape index (κ3) is 5.10. The van der Waals surface area contributed by atoms with Crippen LogP contribution in [0.4, 0.5) is 4.39 Å². The Kier molecular flexibility index (Phi) is 6.47. The predicted molar refractivity (Wildman–Crippen MR) is 97.5 cm³/mol. The highest BCUT2D eigenvalue weighted by Gasteiger charge is 2.25. The predicted octanol–water partition coefficient (Wildman–Crippen LogP) is 1.68. The van der Waals surface area contributed by atoms with Crippen LogP contribution in [-0.2, 0) is 16.6 Å². The van der Waals surface area contributed by atoms with Gasteiger partial charge in [0.1, 0.15) is 5.82 Å². The number of hydrogen-bond donors (Lipinski definition) is 1. The second-order valence-electron chi connectivity index (χ2n) is 6.16. The first kappa shape index (κ1) is 20.0. The molecular weight excluding hydrogens is 357 g/mol. The van der Waals surface area contributed by atoms with Crippen LogP contribution >= 0.6 is 0 Å². The molecule has 2 rings (SSSR count). The Bertz CT molecular complexity index is 868. The van der Waals surface area contributed by atoms with E-state index >= 15 is 0 Å². The lowest BCUT2D eigenvalue weighted by Gasteiger charge is -2.24. The minimum Gasteiger partial charge on any atom is -0.366 e. The molecule has 0 atom stereocenters. The minimum absolute atomic E-state index is 0.0471. The Morgan fingerprint density at radius 3 is 2.27 bits per heavy atom. The van der Waals surface area contributed by atoms with E-state index in [0.717, 1.165) is 0 Å². The van der Waals surface area contributed by atoms with Gasteiger partial charge in [0.2, 0.25) is 15.9 Å². The fraction of sp³-hybridized carbons (Fsp3) is 0.278. The van der Waals surface area contributed by atoms with Crippen molar-refractivity contribution in [3.63, 3.8) is 0 Å². The van der Waals surface area contributed by atoms with Gasteiger partial charge in [-0.3, -0.25) is 4.79 Å². The van der Waals surface area contributed by atoms with Gasteiger partial charge in [0, 0.05) is 25.2 Å². The first-order chi connectivity index (χ1) is 12.2. The number of likely N-dealkylation sites (N-methyl/N-ethyl adjacent to an activating group) is 1. The maximum absolute atomic E-state index is 13.5. The third-order valence-corrected chi connectivity index (χ3v) is 5.68. The number of amides is 1. The number of halogens is 1. The summed E-state index contributed by atoms with van der Waals surface area (Å²) in [4.78, 5) is 13.1. The van der Waals surface area contributed by atoms with Crippen molar-refractivity contribution in [3.05, 3.63) is 65.5 Å². The highest BCUT2D eigenvalue weighted by atomic mass is 32.2. The van der Waals surface area contributed by atoms with E-state index in [1.807, 2.05) is 19.0 Å². The molecule has 140 valence electrons. The maximum Gasteiger partial charge on any atom is 0.248 e. The van der Waals surface area contributed by atoms with Gasteiger partial charge in [-0.15, -0.1) is 0 Å². The van der Waals surface area contributed by atoms with E-state index in [1.54, 1.807) is 12.1 Å². The molecule has 1 amide bonds. The zero-order valence-corrected chi connectivity index (χ0v) is 15.5. The largest absolute Gasteiger partial charge is 0.366 e. The highest BCUT2D eigenvalue weighted by molar-refractivity contribution is 7.89. The molecule has 0 heterocycles. The molecule has 6 nitrogen and oxygen atoms in total. The van der Waals surface area contributed by atoms with Crippen LogP contribution in [0.1, 0.15) is 15.9 Å². The third-order valence-electron chi connectivity index (χ3n) is 3.82. The van der Waals surface area contributed by atoms with Crippen molar-refractivity contribution in [2.45, 2.75) is 11.4 Å². The number of sulfonamides is 1. The molecule has 2 N–H and O–H groups in total. The van der Waals surface area contributed by atoms with Gasteiger partial charge in [-0.1, -0.05) is 12.1 Å². The van der Waals surface area contributed by atoms with Gasteiger partial charge in [-0.25, -0.2) is 12.8 Å². The Balaban J connectivity index is 2.33. The van der Waals surface area contributed by atoms with E-state index < -0.39 is 21.7 Å². The van der Waals surface area contributed by atoms with E-state index in [0.29, 0.717) is 12.1 Å². The Morgan fingerprint density at radius 1 is 1.08 bits per heavy atom. The molecule has 2 aromatic rings. The van der Waals surface area contributed by atoms with Gasteiger partial charge in [0.25, 0.3) is 0 Å². The highest BCUT2D eigenvalue weighted by Crippen LogP contribution is 2.19. The Hall–Kier alpha value is -2.29. The van der Waals surface area contributed by atoms with E-state index in [2.05, 4.69) is 0 Å². The topological polar surface area (TPSA) is 83.7 Å². The minimum atomic E-state index is -3.82. The van der Waals surface area contributed by atoms with Crippen molar-refractivity contribution < 1.29 is 17.6 Å². The number of carbonyl (C=O) groups excluding carboxylic acids is 1. The monoisotopic (exact) mass is 379 g/mol. The zero-order valence-electron chi connectivity index (χ0n) is 14.7. The average Bonchev–Trinajstić information content (AvgIpc) is 2.58. The fourth-order valence-corrected chi connectivity index (χ4v) is 3.79. The van der Waals surface area contributed by atoms with Crippen molar-refractivity contribution in [2.24, 2.45) is 5.73 Å². The van der Waals surface area contributed by atoms with Crippen LogP contribution < -0.4 is 5.73 Å². The first-order valence-corrected chi connectivity index (χ1v) is 9.43. The van der Waals surface area contributed by atoms with Crippen LogP contribution in [0.25, 0.3) is 0 Å². The molecule has 0 spiro atoms. The normalized spacial score (nSPS) is 11.9. The summed E-state index contributed by atoms with van der Waals surface area (Å²) < 4.78 is 40.8. The molecule has 0 aromatic heterocycles. The summed E-state index contributed by atoms with van der Waals surface area (Å²) in [6.07, 6.45) is 0. The molecule has 0 aliphatic carbocycles. The molecule has 0 saturated carbocycles. The second-order valence-corrected chi connectivity index (χ2v) is 8.10. The summed E-state index contributed by atoms with van der Waals surface area (Å²) in [7, 11) is -0.134. The number of benzene rings is 2. The summed E-state index contributed by atoms with van der Waals surface area (Å²) in [5, 5.41) is 0. The summed E-state index contributed by atoms with van der Waals surface area (Å²) in [6, 6.07) is 11.3. The van der Waals surface area contributed by atoms with Crippen molar-refractivity contribution in [1.29, 1.82) is 0 Å². The quantitative estimate of drug-likeness (QED) is 0.756. The van der Waals surface area contributed by atoms with E-state index in [1.165, 1.54) is 40.7 Å². The molecule has 0 bridgehead atoms. The van der Waals surface area contributed by atoms with Gasteiger partial charge < -0.3 is 10.6 Å². The number of carbonyl (C=O) groups is 1. The molecule has 8 heteroatoms. The SMILES string of the molecule is CN(C)CCN(Cc1cccc(F)c1)S(=O)(=O)c1ccc(C(N)=O)cc1. The Labute approximate surface area is 153 Å². The molecule has 0 fully saturated rings. The molecule has 0 radical (unpaired) electrons. The lowest BCUT2D eigenvalue weighted by atomic mass is 10.2. The van der Waals surface area contributed by atoms with Crippen LogP contribution in [0.5, 0.6) is 0 Å². The molecular formula is C18H22FN3O3S. The maximum atomic E-state index is 13.5. The standard InChI is InChI=1S/C18H22FN3O3S/c1-21(2)10-11-22(13-14-4-3-5-16(19)12-14)26(24,25)17-8-6-15(7-9-17)18(20)23/h3-9,12H,10-11,13H2,1-2H3,(H2,20,23). The van der Waals surface area contributed by atoms with Gasteiger partial charge in [-0.2, -0.15) is 4.31 Å². The molecule has 2 aromatic carbocycles. The molecule has 26 heavy (non-hydrogen) atoms. The summed E-state index contributed by atoms with van der Waals surface area (Å²) in [6.45, 7) is 0.794. The average molecular weight is 379 g/mol. The van der Waals surface area contributed by atoms with Crippen molar-refractivity contribution in [2.75, 3.05) is 27.2 Å². The summed E-state index contributed by atoms with van der Waals surface area (Å²) >= 11 is 0. The van der Waals surface area contributed by atoms with Crippen LogP contribution in [0.2, 0.25) is 0 Å². The van der Waals surface area contributed by atoms with E-state index in [9.17, 15) is 17.6 Å². The Morgan fingerprint density at radius 2 is 1.73 bits per heavy atom. The van der Waals surface area contributed by atoms with Crippen LogP contribution in [0.3, 0.4) is 0 Å². The van der Waals surface area contributed by atoms with Gasteiger partial charge in [-0.05, 0) is 56.1 Å². The first-order valence-electron chi connectivity index (χ1n) is 7.99. The molecule has 0 aliphatic heterocycles. The van der Waals surface area contributed by atoms with Gasteiger partial charge in [0.15, 0.2) is 0 Å². The number of hydrogen-bond acceptors (Lipinski definition) is 4. The number of primary amides is 1. The van der Waals surface area contributed by atoms with Crippen molar-refractivity contribution >= 4 is 15.9 Å². The number of nitrogens with zero attached hydrogens (tertiary/aromatic N) is 2. The van der Waals surface area contributed by atoms with Gasteiger partial charge >= 0.3 is 0 Å². The summed E-state index contributed by atoms with van der Waals surface area (Å²) in [5.41, 5.74) is 5.98. The lowest BCUT2D eigenvalue weighted by Crippen LogP contribution is -2.36. The van der Waals surface area contributed by atoms with E-state index in [-0.39, 0.29) is 23.5 Å². The smallest absolute Gasteiger partial charge is 0.248 e. The van der Waals surface area contributed by atoms with Crippen molar-refractivity contribution in [1.82, 2.24) is 9.21 Å². The summed E-state index contributed by atoms with van der Waals surface area (Å²) in [5.74, 6) is -1.04. The molecule has 0 aliphatic rings. The number of rotatable bonds is 8. The van der Waals surface area contributed by atoms with Gasteiger partial charge in [0.05, 0.1) is 4.90 Å². The lowest BCUT2D eigenvalue weighted by molar-refractivity contribution is 0.1000.